The SMILES string of the molecule is C=CC(C=C)OC(=C)CCCCCCCCCC.C=CC(C=C)OC(=O)CCCCCC.C=CC(C=C)OC(=O)CCCCCCC.C=CC(C=C)OC(=O)CCCCCCCC.C=CCC(CC=C)OC(=O)CCCCCC.C=CCN(CC=C)CCCCCCCCCC.O. The molecule has 0 unspecified atom stereocenters. The topological polar surface area (TPSA) is 149 Å². The third-order valence-corrected chi connectivity index (χ3v) is 15.2. The van der Waals surface area contributed by atoms with Crippen LogP contribution in [0.2, 0.25) is 0 Å². The van der Waals surface area contributed by atoms with E-state index in [2.05, 4.69) is 132 Å². The molecule has 562 valence electrons. The highest BCUT2D eigenvalue weighted by molar-refractivity contribution is 5.71. The second-order valence-electron chi connectivity index (χ2n) is 24.4. The fraction of sp³-hybridized carbons (Fsp3) is 0.651. The molecule has 0 radical (unpaired) electrons. The zero-order valence-electron chi connectivity index (χ0n) is 63.9. The van der Waals surface area contributed by atoms with Crippen molar-refractivity contribution in [1.29, 1.82) is 0 Å². The van der Waals surface area contributed by atoms with Crippen LogP contribution in [0.3, 0.4) is 0 Å². The van der Waals surface area contributed by atoms with E-state index >= 15 is 0 Å². The van der Waals surface area contributed by atoms with E-state index in [0.717, 1.165) is 76.6 Å². The summed E-state index contributed by atoms with van der Waals surface area (Å²) < 4.78 is 26.1. The first-order valence-electron chi connectivity index (χ1n) is 37.8. The molecule has 2 N–H and O–H groups in total. The number of carbonyl (C=O) groups is 4. The number of carbonyl (C=O) groups excluding carboxylic acids is 4. The summed E-state index contributed by atoms with van der Waals surface area (Å²) in [5.74, 6) is 0.290. The minimum absolute atomic E-state index is 0. The van der Waals surface area contributed by atoms with Crippen LogP contribution in [0.1, 0.15) is 311 Å². The summed E-state index contributed by atoms with van der Waals surface area (Å²) >= 11 is 0. The van der Waals surface area contributed by atoms with Gasteiger partial charge in [-0.15, -0.1) is 26.3 Å². The van der Waals surface area contributed by atoms with E-state index in [1.165, 1.54) is 180 Å². The lowest BCUT2D eigenvalue weighted by molar-refractivity contribution is -0.149. The smallest absolute Gasteiger partial charge is 0.306 e. The normalized spacial score (nSPS) is 10.1. The van der Waals surface area contributed by atoms with E-state index in [-0.39, 0.29) is 59.9 Å². The number of unbranched alkanes of at least 4 members (excludes halogenated alkanes) is 29. The molecular formula is C86H153NO10. The largest absolute Gasteiger partial charge is 0.487 e. The first kappa shape index (κ1) is 105. The Morgan fingerprint density at radius 1 is 0.289 bits per heavy atom. The highest BCUT2D eigenvalue weighted by Gasteiger charge is 2.12. The lowest BCUT2D eigenvalue weighted by Crippen LogP contribution is -2.24. The van der Waals surface area contributed by atoms with Gasteiger partial charge in [-0.2, -0.15) is 0 Å². The monoisotopic (exact) mass is 1360 g/mol. The van der Waals surface area contributed by atoms with Gasteiger partial charge in [0.05, 0.1) is 5.76 Å². The number of rotatable bonds is 63. The van der Waals surface area contributed by atoms with Crippen LogP contribution < -0.4 is 0 Å². The van der Waals surface area contributed by atoms with Crippen molar-refractivity contribution in [2.75, 3.05) is 19.6 Å². The number of ether oxygens (including phenoxy) is 5. The molecule has 11 nitrogen and oxygen atoms in total. The van der Waals surface area contributed by atoms with E-state index in [0.29, 0.717) is 38.5 Å². The van der Waals surface area contributed by atoms with E-state index in [1.807, 2.05) is 12.2 Å². The minimum Gasteiger partial charge on any atom is -0.487 e. The van der Waals surface area contributed by atoms with Gasteiger partial charge in [0.25, 0.3) is 0 Å². The van der Waals surface area contributed by atoms with Crippen LogP contribution in [0.5, 0.6) is 0 Å². The number of esters is 4. The van der Waals surface area contributed by atoms with Crippen molar-refractivity contribution in [2.45, 2.75) is 342 Å². The molecule has 0 fully saturated rings. The highest BCUT2D eigenvalue weighted by atomic mass is 16.6. The Balaban J connectivity index is -0.000000200. The van der Waals surface area contributed by atoms with Gasteiger partial charge in [0.2, 0.25) is 0 Å². The van der Waals surface area contributed by atoms with Gasteiger partial charge in [-0.3, -0.25) is 24.1 Å². The van der Waals surface area contributed by atoms with Crippen LogP contribution in [-0.4, -0.2) is 84.4 Å². The molecule has 0 spiro atoms. The Kier molecular flexibility index (Phi) is 97.4. The predicted octanol–water partition coefficient (Wildman–Crippen LogP) is 24.7. The molecule has 0 aromatic rings. The van der Waals surface area contributed by atoms with Crippen molar-refractivity contribution in [3.8, 4) is 0 Å². The maximum absolute atomic E-state index is 11.5. The van der Waals surface area contributed by atoms with Gasteiger partial charge in [0.1, 0.15) is 30.5 Å². The molecule has 0 aromatic heterocycles. The van der Waals surface area contributed by atoms with Crippen molar-refractivity contribution in [2.24, 2.45) is 0 Å². The standard InChI is InChI=1S/C17H30O.C16H31N.2C14H24O2.C13H22O2.C12H20O2.H2O/c1-5-8-9-10-11-12-13-14-15-16(4)18-17(6-2)7-3;1-4-7-8-9-10-11-12-13-16-17(14-5-2)15-6-3;1-4-7-8-9-10-11-12-14(15)16-13(5-2)6-3;1-4-7-8-9-12-14(15)16-13(10-5-2)11-6-3;1-4-7-8-9-10-11-13(14)15-12(5-2)6-3;1-4-7-8-9-10-12(13)14-11(5-2)6-3;/h6-7,17H,2-5,8-15H2,1H3;5-6H,2-4,7-16H2,1H3;2*5-6,13H,2-4,7-12H2,1H3;5-6,12H,2-4,7-11H2,1H3;5-6,11H,2-4,7-10H2,1H3;1H2. The molecule has 0 aliphatic carbocycles. The molecule has 0 amide bonds. The Labute approximate surface area is 599 Å². The van der Waals surface area contributed by atoms with Crippen LogP contribution in [0, 0.1) is 0 Å². The van der Waals surface area contributed by atoms with Gasteiger partial charge in [-0.1, -0.05) is 311 Å². The molecule has 0 aliphatic rings. The van der Waals surface area contributed by atoms with Gasteiger partial charge < -0.3 is 29.2 Å². The number of hydrogen-bond donors (Lipinski definition) is 0. The minimum atomic E-state index is -0.340. The summed E-state index contributed by atoms with van der Waals surface area (Å²) in [4.78, 5) is 47.7. The van der Waals surface area contributed by atoms with Crippen molar-refractivity contribution in [1.82, 2.24) is 4.90 Å². The summed E-state index contributed by atoms with van der Waals surface area (Å²) in [6.45, 7) is 63.9. The maximum atomic E-state index is 11.5. The van der Waals surface area contributed by atoms with E-state index in [1.54, 1.807) is 60.8 Å². The molecule has 0 saturated heterocycles. The molecule has 0 bridgehead atoms. The van der Waals surface area contributed by atoms with Gasteiger partial charge in [0, 0.05) is 58.0 Å². The highest BCUT2D eigenvalue weighted by Crippen LogP contribution is 2.16. The molecule has 0 heterocycles. The predicted molar refractivity (Wildman–Crippen MR) is 424 cm³/mol. The molecule has 0 atom stereocenters. The lowest BCUT2D eigenvalue weighted by Gasteiger charge is -2.18. The molecule has 0 aromatic carbocycles. The molecular weight excluding hydrogens is 1210 g/mol. The zero-order chi connectivity index (χ0) is 73.2. The Hall–Kier alpha value is -5.78. The van der Waals surface area contributed by atoms with Crippen LogP contribution in [0.15, 0.2) is 164 Å². The van der Waals surface area contributed by atoms with Crippen molar-refractivity contribution >= 4 is 23.9 Å². The van der Waals surface area contributed by atoms with E-state index in [4.69, 9.17) is 23.7 Å². The van der Waals surface area contributed by atoms with Crippen LogP contribution in [-0.2, 0) is 42.9 Å². The Morgan fingerprint density at radius 3 is 0.753 bits per heavy atom. The number of hydrogen-bond acceptors (Lipinski definition) is 10. The fourth-order valence-electron chi connectivity index (χ4n) is 9.32. The second kappa shape index (κ2) is 90.2. The average Bonchev–Trinajstić information content (AvgIpc) is 3.73. The quantitative estimate of drug-likeness (QED) is 0.0189. The number of nitrogens with zero attached hydrogens (tertiary/aromatic N) is 1. The fourth-order valence-corrected chi connectivity index (χ4v) is 9.32. The Morgan fingerprint density at radius 2 is 0.505 bits per heavy atom. The Bertz CT molecular complexity index is 1850. The second-order valence-corrected chi connectivity index (χ2v) is 24.4. The number of allylic oxidation sites excluding steroid dienone is 1. The van der Waals surface area contributed by atoms with Gasteiger partial charge >= 0.3 is 23.9 Å². The van der Waals surface area contributed by atoms with Gasteiger partial charge in [0.15, 0.2) is 0 Å². The molecule has 0 aliphatic heterocycles. The van der Waals surface area contributed by atoms with Crippen LogP contribution in [0.25, 0.3) is 0 Å². The third-order valence-electron chi connectivity index (χ3n) is 15.2. The molecule has 11 heteroatoms. The van der Waals surface area contributed by atoms with Gasteiger partial charge in [-0.25, -0.2) is 0 Å². The summed E-state index contributed by atoms with van der Waals surface area (Å²) in [5, 5.41) is 0. The molecule has 97 heavy (non-hydrogen) atoms. The van der Waals surface area contributed by atoms with Crippen LogP contribution in [0.4, 0.5) is 0 Å². The first-order valence-corrected chi connectivity index (χ1v) is 37.8. The average molecular weight is 1360 g/mol. The van der Waals surface area contributed by atoms with Crippen molar-refractivity contribution < 1.29 is 48.3 Å². The van der Waals surface area contributed by atoms with Crippen molar-refractivity contribution in [3.05, 3.63) is 164 Å². The van der Waals surface area contributed by atoms with Crippen molar-refractivity contribution in [3.63, 3.8) is 0 Å². The summed E-state index contributed by atoms with van der Waals surface area (Å²) in [7, 11) is 0. The zero-order valence-corrected chi connectivity index (χ0v) is 63.9. The summed E-state index contributed by atoms with van der Waals surface area (Å²) in [5.41, 5.74) is 0. The summed E-state index contributed by atoms with van der Waals surface area (Å²) in [6, 6.07) is 0. The van der Waals surface area contributed by atoms with E-state index in [9.17, 15) is 19.2 Å². The van der Waals surface area contributed by atoms with Gasteiger partial charge in [-0.05, 0) is 93.7 Å². The first-order chi connectivity index (χ1) is 46.5. The van der Waals surface area contributed by atoms with Crippen LogP contribution >= 0.6 is 0 Å². The maximum Gasteiger partial charge on any atom is 0.306 e. The molecule has 0 rings (SSSR count). The molecule has 0 saturated carbocycles. The van der Waals surface area contributed by atoms with E-state index < -0.39 is 0 Å². The third kappa shape index (κ3) is 88.2. The summed E-state index contributed by atoms with van der Waals surface area (Å²) in [6.07, 6.45) is 66.9. The lowest BCUT2D eigenvalue weighted by atomic mass is 10.1.